The third-order valence-electron chi connectivity index (χ3n) is 5.58. The van der Waals surface area contributed by atoms with Crippen LogP contribution in [0.4, 0.5) is 16.2 Å². The first-order valence-corrected chi connectivity index (χ1v) is 10.7. The quantitative estimate of drug-likeness (QED) is 0.413. The SMILES string of the molecule is O=C(Nc1ccccc1-c1ccccc1)OC1CCN(Cc2cccc([N+](=O)[O-])c2)CC1. The van der Waals surface area contributed by atoms with Gasteiger partial charge in [0.1, 0.15) is 6.10 Å². The second-order valence-electron chi connectivity index (χ2n) is 7.84. The molecule has 1 fully saturated rings. The van der Waals surface area contributed by atoms with Gasteiger partial charge in [-0.05, 0) is 30.0 Å². The van der Waals surface area contributed by atoms with Gasteiger partial charge in [-0.2, -0.15) is 0 Å². The highest BCUT2D eigenvalue weighted by Gasteiger charge is 2.23. The molecule has 1 saturated heterocycles. The number of non-ortho nitro benzene ring substituents is 1. The number of rotatable bonds is 6. The summed E-state index contributed by atoms with van der Waals surface area (Å²) in [5, 5.41) is 13.8. The highest BCUT2D eigenvalue weighted by Crippen LogP contribution is 2.28. The first-order chi connectivity index (χ1) is 15.6. The van der Waals surface area contributed by atoms with E-state index in [4.69, 9.17) is 4.74 Å². The van der Waals surface area contributed by atoms with E-state index in [9.17, 15) is 14.9 Å². The number of hydrogen-bond acceptors (Lipinski definition) is 5. The highest BCUT2D eigenvalue weighted by molar-refractivity contribution is 5.91. The predicted molar refractivity (Wildman–Crippen MR) is 123 cm³/mol. The van der Waals surface area contributed by atoms with Crippen LogP contribution in [0.25, 0.3) is 11.1 Å². The Morgan fingerprint density at radius 3 is 2.47 bits per heavy atom. The third-order valence-corrected chi connectivity index (χ3v) is 5.58. The Morgan fingerprint density at radius 2 is 1.72 bits per heavy atom. The fourth-order valence-electron chi connectivity index (χ4n) is 3.96. The molecule has 3 aromatic rings. The molecule has 1 amide bonds. The lowest BCUT2D eigenvalue weighted by molar-refractivity contribution is -0.384. The van der Waals surface area contributed by atoms with Crippen LogP contribution in [0.2, 0.25) is 0 Å². The Hall–Kier alpha value is -3.71. The summed E-state index contributed by atoms with van der Waals surface area (Å²) in [6.45, 7) is 2.17. The standard InChI is InChI=1S/C25H25N3O4/c29-25(26-24-12-5-4-11-23(24)20-8-2-1-3-9-20)32-22-13-15-27(16-14-22)18-19-7-6-10-21(17-19)28(30)31/h1-12,17,22H,13-16,18H2,(H,26,29). The molecule has 3 aromatic carbocycles. The number of benzene rings is 3. The molecule has 0 radical (unpaired) electrons. The van der Waals surface area contributed by atoms with Crippen LogP contribution in [0.3, 0.4) is 0 Å². The summed E-state index contributed by atoms with van der Waals surface area (Å²) in [5.74, 6) is 0. The van der Waals surface area contributed by atoms with Gasteiger partial charge < -0.3 is 4.74 Å². The predicted octanol–water partition coefficient (Wildman–Crippen LogP) is 5.47. The van der Waals surface area contributed by atoms with Gasteiger partial charge in [-0.25, -0.2) is 4.79 Å². The normalized spacial score (nSPS) is 14.6. The molecule has 0 bridgehead atoms. The summed E-state index contributed by atoms with van der Waals surface area (Å²) in [5.41, 5.74) is 3.70. The maximum Gasteiger partial charge on any atom is 0.411 e. The van der Waals surface area contributed by atoms with Crippen LogP contribution in [0, 0.1) is 10.1 Å². The molecular formula is C25H25N3O4. The Balaban J connectivity index is 1.29. The molecule has 1 aliphatic heterocycles. The van der Waals surface area contributed by atoms with Crippen LogP contribution >= 0.6 is 0 Å². The van der Waals surface area contributed by atoms with Crippen LogP contribution in [0.5, 0.6) is 0 Å². The minimum atomic E-state index is -0.453. The Kier molecular flexibility index (Phi) is 6.77. The van der Waals surface area contributed by atoms with Gasteiger partial charge in [0.25, 0.3) is 5.69 Å². The first kappa shape index (κ1) is 21.5. The zero-order chi connectivity index (χ0) is 22.3. The smallest absolute Gasteiger partial charge is 0.411 e. The van der Waals surface area contributed by atoms with Crippen LogP contribution < -0.4 is 5.32 Å². The molecule has 0 aliphatic carbocycles. The van der Waals surface area contributed by atoms with Crippen LogP contribution in [0.1, 0.15) is 18.4 Å². The fraction of sp³-hybridized carbons (Fsp3) is 0.240. The number of likely N-dealkylation sites (tertiary alicyclic amines) is 1. The third kappa shape index (κ3) is 5.50. The van der Waals surface area contributed by atoms with E-state index in [0.29, 0.717) is 12.2 Å². The van der Waals surface area contributed by atoms with Crippen molar-refractivity contribution in [3.8, 4) is 11.1 Å². The lowest BCUT2D eigenvalue weighted by atomic mass is 10.0. The van der Waals surface area contributed by atoms with Crippen molar-refractivity contribution >= 4 is 17.5 Å². The van der Waals surface area contributed by atoms with Gasteiger partial charge in [0.05, 0.1) is 10.6 Å². The van der Waals surface area contributed by atoms with E-state index in [-0.39, 0.29) is 16.7 Å². The molecule has 1 heterocycles. The Labute approximate surface area is 186 Å². The van der Waals surface area contributed by atoms with Gasteiger partial charge in [0, 0.05) is 37.3 Å². The van der Waals surface area contributed by atoms with Crippen molar-refractivity contribution in [2.24, 2.45) is 0 Å². The molecule has 0 atom stereocenters. The van der Waals surface area contributed by atoms with Gasteiger partial charge in [-0.15, -0.1) is 0 Å². The molecule has 0 unspecified atom stereocenters. The second-order valence-corrected chi connectivity index (χ2v) is 7.84. The summed E-state index contributed by atoms with van der Waals surface area (Å²) in [6, 6.07) is 24.3. The number of para-hydroxylation sites is 1. The van der Waals surface area contributed by atoms with Crippen LogP contribution in [0.15, 0.2) is 78.9 Å². The van der Waals surface area contributed by atoms with Crippen LogP contribution in [-0.2, 0) is 11.3 Å². The van der Waals surface area contributed by atoms with Crippen molar-refractivity contribution in [2.75, 3.05) is 18.4 Å². The molecule has 0 spiro atoms. The number of carbonyl (C=O) groups is 1. The molecule has 1 N–H and O–H groups in total. The molecule has 0 saturated carbocycles. The molecular weight excluding hydrogens is 406 g/mol. The maximum absolute atomic E-state index is 12.5. The minimum absolute atomic E-state index is 0.105. The van der Waals surface area contributed by atoms with Crippen molar-refractivity contribution in [3.05, 3.63) is 94.5 Å². The summed E-state index contributed by atoms with van der Waals surface area (Å²) < 4.78 is 5.67. The number of carbonyl (C=O) groups excluding carboxylic acids is 1. The van der Waals surface area contributed by atoms with E-state index < -0.39 is 6.09 Å². The highest BCUT2D eigenvalue weighted by atomic mass is 16.6. The molecule has 164 valence electrons. The van der Waals surface area contributed by atoms with Crippen molar-refractivity contribution in [1.29, 1.82) is 0 Å². The van der Waals surface area contributed by atoms with E-state index in [1.807, 2.05) is 60.7 Å². The van der Waals surface area contributed by atoms with Crippen LogP contribution in [-0.4, -0.2) is 35.1 Å². The largest absolute Gasteiger partial charge is 0.446 e. The zero-order valence-corrected chi connectivity index (χ0v) is 17.6. The zero-order valence-electron chi connectivity index (χ0n) is 17.6. The van der Waals surface area contributed by atoms with Crippen molar-refractivity contribution < 1.29 is 14.5 Å². The van der Waals surface area contributed by atoms with Crippen molar-refractivity contribution in [2.45, 2.75) is 25.5 Å². The summed E-state index contributed by atoms with van der Waals surface area (Å²) in [6.07, 6.45) is 0.844. The molecule has 7 nitrogen and oxygen atoms in total. The molecule has 0 aromatic heterocycles. The summed E-state index contributed by atoms with van der Waals surface area (Å²) in [7, 11) is 0. The van der Waals surface area contributed by atoms with Crippen molar-refractivity contribution in [1.82, 2.24) is 4.90 Å². The number of nitro groups is 1. The lowest BCUT2D eigenvalue weighted by Gasteiger charge is -2.31. The summed E-state index contributed by atoms with van der Waals surface area (Å²) >= 11 is 0. The average Bonchev–Trinajstić information content (AvgIpc) is 2.81. The Morgan fingerprint density at radius 1 is 1.00 bits per heavy atom. The number of piperidine rings is 1. The molecule has 7 heteroatoms. The number of nitrogens with one attached hydrogen (secondary N) is 1. The number of ether oxygens (including phenoxy) is 1. The van der Waals surface area contributed by atoms with Gasteiger partial charge in [0.15, 0.2) is 0 Å². The number of amides is 1. The van der Waals surface area contributed by atoms with E-state index in [1.54, 1.807) is 12.1 Å². The van der Waals surface area contributed by atoms with Gasteiger partial charge in [-0.3, -0.25) is 20.3 Å². The summed E-state index contributed by atoms with van der Waals surface area (Å²) in [4.78, 5) is 25.3. The second kappa shape index (κ2) is 10.1. The topological polar surface area (TPSA) is 84.7 Å². The molecule has 1 aliphatic rings. The number of anilines is 1. The van der Waals surface area contributed by atoms with Gasteiger partial charge in [-0.1, -0.05) is 60.7 Å². The van der Waals surface area contributed by atoms with Crippen molar-refractivity contribution in [3.63, 3.8) is 0 Å². The monoisotopic (exact) mass is 431 g/mol. The molecule has 32 heavy (non-hydrogen) atoms. The van der Waals surface area contributed by atoms with Gasteiger partial charge >= 0.3 is 6.09 Å². The number of nitrogens with zero attached hydrogens (tertiary/aromatic N) is 2. The van der Waals surface area contributed by atoms with E-state index in [1.165, 1.54) is 6.07 Å². The van der Waals surface area contributed by atoms with E-state index in [0.717, 1.165) is 42.6 Å². The lowest BCUT2D eigenvalue weighted by Crippen LogP contribution is -2.38. The number of hydrogen-bond donors (Lipinski definition) is 1. The maximum atomic E-state index is 12.5. The minimum Gasteiger partial charge on any atom is -0.446 e. The molecule has 4 rings (SSSR count). The average molecular weight is 431 g/mol. The van der Waals surface area contributed by atoms with E-state index in [2.05, 4.69) is 10.2 Å². The first-order valence-electron chi connectivity index (χ1n) is 10.7. The number of nitro benzene ring substituents is 1. The Bertz CT molecular complexity index is 1080. The van der Waals surface area contributed by atoms with Gasteiger partial charge in [0.2, 0.25) is 0 Å². The fourth-order valence-corrected chi connectivity index (χ4v) is 3.96. The van der Waals surface area contributed by atoms with E-state index >= 15 is 0 Å².